The summed E-state index contributed by atoms with van der Waals surface area (Å²) in [5.41, 5.74) is 8.67. The normalized spacial score (nSPS) is 16.2. The molecule has 1 heterocycles. The highest BCUT2D eigenvalue weighted by Crippen LogP contribution is 2.24. The van der Waals surface area contributed by atoms with Crippen LogP contribution in [0.1, 0.15) is 38.3 Å². The van der Waals surface area contributed by atoms with E-state index in [0.717, 1.165) is 52.2 Å². The average Bonchev–Trinajstić information content (AvgIpc) is 2.64. The zero-order valence-electron chi connectivity index (χ0n) is 16.5. The Kier molecular flexibility index (Phi) is 10.5. The number of aliphatic imine (C=N–C) groups is 1. The van der Waals surface area contributed by atoms with Gasteiger partial charge in [-0.3, -0.25) is 9.89 Å². The Morgan fingerprint density at radius 1 is 1.23 bits per heavy atom. The summed E-state index contributed by atoms with van der Waals surface area (Å²) in [6.45, 7) is 13.0. The van der Waals surface area contributed by atoms with E-state index in [1.807, 2.05) is 0 Å². The zero-order chi connectivity index (χ0) is 18.1. The number of nitrogens with one attached hydrogen (secondary N) is 1. The van der Waals surface area contributed by atoms with Gasteiger partial charge in [0.25, 0.3) is 0 Å². The van der Waals surface area contributed by atoms with E-state index >= 15 is 0 Å². The molecule has 1 fully saturated rings. The summed E-state index contributed by atoms with van der Waals surface area (Å²) in [5.74, 6) is 0.542. The first-order chi connectivity index (χ1) is 12.0. The first-order valence-electron chi connectivity index (χ1n) is 9.44. The van der Waals surface area contributed by atoms with Crippen molar-refractivity contribution in [2.45, 2.75) is 39.0 Å². The fraction of sp³-hybridized carbons (Fsp3) is 0.650. The van der Waals surface area contributed by atoms with Gasteiger partial charge in [-0.25, -0.2) is 0 Å². The molecule has 148 valence electrons. The van der Waals surface area contributed by atoms with Gasteiger partial charge in [0.1, 0.15) is 0 Å². The van der Waals surface area contributed by atoms with E-state index in [1.54, 1.807) is 0 Å². The molecule has 0 atom stereocenters. The lowest BCUT2D eigenvalue weighted by Crippen LogP contribution is -2.39. The molecule has 2 rings (SSSR count). The van der Waals surface area contributed by atoms with Crippen LogP contribution < -0.4 is 11.1 Å². The van der Waals surface area contributed by atoms with Crippen LogP contribution in [0.25, 0.3) is 0 Å². The number of nitrogens with two attached hydrogens (primary N) is 1. The molecule has 6 heteroatoms. The van der Waals surface area contributed by atoms with Crippen LogP contribution in [-0.4, -0.2) is 56.8 Å². The Balaban J connectivity index is 0.00000338. The Morgan fingerprint density at radius 3 is 2.50 bits per heavy atom. The van der Waals surface area contributed by atoms with Crippen molar-refractivity contribution in [1.82, 2.24) is 10.2 Å². The van der Waals surface area contributed by atoms with Crippen LogP contribution in [0.3, 0.4) is 0 Å². The minimum atomic E-state index is -0.0215. The third-order valence-corrected chi connectivity index (χ3v) is 4.85. The molecular weight excluding hydrogens is 439 g/mol. The monoisotopic (exact) mass is 474 g/mol. The second-order valence-electron chi connectivity index (χ2n) is 7.37. The van der Waals surface area contributed by atoms with Crippen molar-refractivity contribution >= 4 is 29.9 Å². The van der Waals surface area contributed by atoms with E-state index in [2.05, 4.69) is 60.2 Å². The van der Waals surface area contributed by atoms with E-state index in [-0.39, 0.29) is 29.4 Å². The minimum Gasteiger partial charge on any atom is -0.379 e. The molecule has 1 aliphatic rings. The Hall–Kier alpha value is -0.860. The zero-order valence-corrected chi connectivity index (χ0v) is 18.8. The largest absolute Gasteiger partial charge is 0.379 e. The van der Waals surface area contributed by atoms with E-state index in [1.165, 1.54) is 11.1 Å². The third kappa shape index (κ3) is 7.80. The molecule has 1 aromatic rings. The molecule has 0 amide bonds. The summed E-state index contributed by atoms with van der Waals surface area (Å²) < 4.78 is 5.36. The summed E-state index contributed by atoms with van der Waals surface area (Å²) in [5, 5.41) is 3.23. The molecular formula is C20H35IN4O. The quantitative estimate of drug-likeness (QED) is 0.263. The number of benzene rings is 1. The second-order valence-corrected chi connectivity index (χ2v) is 7.37. The first-order valence-corrected chi connectivity index (χ1v) is 9.44. The van der Waals surface area contributed by atoms with Gasteiger partial charge in [0.15, 0.2) is 5.96 Å². The third-order valence-electron chi connectivity index (χ3n) is 4.85. The van der Waals surface area contributed by atoms with Crippen molar-refractivity contribution in [1.29, 1.82) is 0 Å². The highest BCUT2D eigenvalue weighted by molar-refractivity contribution is 14.0. The Labute approximate surface area is 175 Å². The predicted molar refractivity (Wildman–Crippen MR) is 121 cm³/mol. The van der Waals surface area contributed by atoms with Crippen LogP contribution in [0, 0.1) is 0 Å². The van der Waals surface area contributed by atoms with Crippen molar-refractivity contribution < 1.29 is 4.74 Å². The molecule has 0 aromatic heterocycles. The summed E-state index contributed by atoms with van der Waals surface area (Å²) in [7, 11) is 0. The van der Waals surface area contributed by atoms with Crippen LogP contribution in [0.15, 0.2) is 29.3 Å². The van der Waals surface area contributed by atoms with Gasteiger partial charge >= 0.3 is 0 Å². The molecule has 3 N–H and O–H groups in total. The van der Waals surface area contributed by atoms with Crippen molar-refractivity contribution in [2.75, 3.05) is 45.9 Å². The Bertz CT molecular complexity index is 539. The lowest BCUT2D eigenvalue weighted by atomic mass is 9.84. The van der Waals surface area contributed by atoms with E-state index in [0.29, 0.717) is 12.5 Å². The molecule has 1 aliphatic heterocycles. The number of nitrogens with zero attached hydrogens (tertiary/aromatic N) is 2. The number of hydrogen-bond donors (Lipinski definition) is 2. The van der Waals surface area contributed by atoms with Gasteiger partial charge < -0.3 is 15.8 Å². The highest BCUT2D eigenvalue weighted by atomic mass is 127. The molecule has 1 aromatic carbocycles. The number of rotatable bonds is 8. The number of hydrogen-bond acceptors (Lipinski definition) is 3. The van der Waals surface area contributed by atoms with Crippen molar-refractivity contribution in [2.24, 2.45) is 10.7 Å². The molecule has 26 heavy (non-hydrogen) atoms. The van der Waals surface area contributed by atoms with Gasteiger partial charge in [0.05, 0.1) is 19.8 Å². The maximum absolute atomic E-state index is 6.03. The minimum absolute atomic E-state index is 0. The highest BCUT2D eigenvalue weighted by Gasteiger charge is 2.20. The summed E-state index contributed by atoms with van der Waals surface area (Å²) in [4.78, 5) is 6.98. The lowest BCUT2D eigenvalue weighted by Gasteiger charge is -2.26. The SMILES string of the molecule is CCc1ccc(C(C)(C)CN=C(N)NCCCN2CCOCC2)cc1.I. The number of morpholine rings is 1. The van der Waals surface area contributed by atoms with Gasteiger partial charge in [0, 0.05) is 25.0 Å². The molecule has 0 radical (unpaired) electrons. The Morgan fingerprint density at radius 2 is 1.88 bits per heavy atom. The van der Waals surface area contributed by atoms with Crippen LogP contribution in [0.2, 0.25) is 0 Å². The topological polar surface area (TPSA) is 62.9 Å². The molecule has 0 unspecified atom stereocenters. The van der Waals surface area contributed by atoms with Gasteiger partial charge in [-0.15, -0.1) is 24.0 Å². The lowest BCUT2D eigenvalue weighted by molar-refractivity contribution is 0.0376. The van der Waals surface area contributed by atoms with Gasteiger partial charge in [0.2, 0.25) is 0 Å². The standard InChI is InChI=1S/C20H34N4O.HI/c1-4-17-6-8-18(9-7-17)20(2,3)16-23-19(21)22-10-5-11-24-12-14-25-15-13-24;/h6-9H,4-5,10-16H2,1-3H3,(H3,21,22,23);1H. The number of guanidine groups is 1. The van der Waals surface area contributed by atoms with Crippen LogP contribution in [0.5, 0.6) is 0 Å². The van der Waals surface area contributed by atoms with Gasteiger partial charge in [-0.1, -0.05) is 45.0 Å². The van der Waals surface area contributed by atoms with Gasteiger partial charge in [-0.05, 0) is 30.5 Å². The van der Waals surface area contributed by atoms with Crippen molar-refractivity contribution in [3.63, 3.8) is 0 Å². The summed E-state index contributed by atoms with van der Waals surface area (Å²) in [6, 6.07) is 8.82. The van der Waals surface area contributed by atoms with Crippen LogP contribution >= 0.6 is 24.0 Å². The van der Waals surface area contributed by atoms with Crippen LogP contribution in [0.4, 0.5) is 0 Å². The smallest absolute Gasteiger partial charge is 0.188 e. The summed E-state index contributed by atoms with van der Waals surface area (Å²) >= 11 is 0. The number of ether oxygens (including phenoxy) is 1. The van der Waals surface area contributed by atoms with Gasteiger partial charge in [-0.2, -0.15) is 0 Å². The molecule has 0 bridgehead atoms. The molecule has 0 spiro atoms. The van der Waals surface area contributed by atoms with E-state index in [9.17, 15) is 0 Å². The van der Waals surface area contributed by atoms with E-state index < -0.39 is 0 Å². The maximum Gasteiger partial charge on any atom is 0.188 e. The molecule has 0 aliphatic carbocycles. The van der Waals surface area contributed by atoms with E-state index in [4.69, 9.17) is 10.5 Å². The maximum atomic E-state index is 6.03. The van der Waals surface area contributed by atoms with Crippen LogP contribution in [-0.2, 0) is 16.6 Å². The second kappa shape index (κ2) is 11.8. The number of halogens is 1. The summed E-state index contributed by atoms with van der Waals surface area (Å²) in [6.07, 6.45) is 2.14. The first kappa shape index (κ1) is 23.2. The molecule has 1 saturated heterocycles. The van der Waals surface area contributed by atoms with Crippen molar-refractivity contribution in [3.05, 3.63) is 35.4 Å². The number of aryl methyl sites for hydroxylation is 1. The fourth-order valence-corrected chi connectivity index (χ4v) is 2.97. The molecule has 0 saturated carbocycles. The predicted octanol–water partition coefficient (Wildman–Crippen LogP) is 2.77. The molecule has 5 nitrogen and oxygen atoms in total. The average molecular weight is 474 g/mol. The van der Waals surface area contributed by atoms with Crippen molar-refractivity contribution in [3.8, 4) is 0 Å². The fourth-order valence-electron chi connectivity index (χ4n) is 2.97.